The lowest BCUT2D eigenvalue weighted by Crippen LogP contribution is -2.39. The van der Waals surface area contributed by atoms with Crippen LogP contribution in [0.1, 0.15) is 44.9 Å². The van der Waals surface area contributed by atoms with Crippen LogP contribution in [0, 0.1) is 5.41 Å². The summed E-state index contributed by atoms with van der Waals surface area (Å²) in [5.41, 5.74) is -0.0245. The van der Waals surface area contributed by atoms with Crippen LogP contribution in [0.5, 0.6) is 0 Å². The van der Waals surface area contributed by atoms with Crippen LogP contribution in [-0.4, -0.2) is 48.7 Å². The van der Waals surface area contributed by atoms with Crippen LogP contribution in [-0.2, 0) is 4.79 Å². The van der Waals surface area contributed by atoms with Crippen molar-refractivity contribution >= 4 is 5.91 Å². The van der Waals surface area contributed by atoms with Crippen molar-refractivity contribution in [2.24, 2.45) is 5.41 Å². The van der Waals surface area contributed by atoms with Gasteiger partial charge in [0.2, 0.25) is 5.91 Å². The Morgan fingerprint density at radius 2 is 1.83 bits per heavy atom. The Kier molecular flexibility index (Phi) is 5.01. The lowest BCUT2D eigenvalue weighted by atomic mass is 9.87. The van der Waals surface area contributed by atoms with Gasteiger partial charge in [-0.25, -0.2) is 0 Å². The van der Waals surface area contributed by atoms with Gasteiger partial charge in [-0.05, 0) is 38.8 Å². The van der Waals surface area contributed by atoms with Gasteiger partial charge in [0.25, 0.3) is 0 Å². The molecule has 0 aromatic carbocycles. The minimum absolute atomic E-state index is 0.0245. The summed E-state index contributed by atoms with van der Waals surface area (Å²) in [6, 6.07) is 0. The molecule has 1 heterocycles. The fourth-order valence-electron chi connectivity index (χ4n) is 3.16. The number of amides is 1. The smallest absolute Gasteiger partial charge is 0.221 e. The van der Waals surface area contributed by atoms with Gasteiger partial charge in [-0.2, -0.15) is 0 Å². The van der Waals surface area contributed by atoms with Crippen molar-refractivity contribution < 1.29 is 9.90 Å². The number of carbonyl (C=O) groups is 1. The van der Waals surface area contributed by atoms with E-state index >= 15 is 0 Å². The molecule has 18 heavy (non-hydrogen) atoms. The second-order valence-electron chi connectivity index (χ2n) is 5.94. The average molecular weight is 254 g/mol. The maximum atomic E-state index is 11.8. The van der Waals surface area contributed by atoms with Crippen LogP contribution in [0.25, 0.3) is 0 Å². The van der Waals surface area contributed by atoms with Crippen LogP contribution >= 0.6 is 0 Å². The Morgan fingerprint density at radius 3 is 2.44 bits per heavy atom. The summed E-state index contributed by atoms with van der Waals surface area (Å²) in [6.45, 7) is 4.04. The number of nitrogens with zero attached hydrogens (tertiary/aromatic N) is 1. The van der Waals surface area contributed by atoms with Crippen molar-refractivity contribution in [3.05, 3.63) is 0 Å². The number of likely N-dealkylation sites (tertiary alicyclic amines) is 1. The highest BCUT2D eigenvalue weighted by atomic mass is 16.3. The zero-order valence-corrected chi connectivity index (χ0v) is 11.3. The molecule has 1 aliphatic heterocycles. The number of aliphatic hydroxyl groups is 1. The topological polar surface area (TPSA) is 52.6 Å². The Balaban J connectivity index is 1.64. The Labute approximate surface area is 110 Å². The third kappa shape index (κ3) is 3.69. The van der Waals surface area contributed by atoms with Gasteiger partial charge in [-0.1, -0.05) is 12.8 Å². The normalized spacial score (nSPS) is 23.4. The standard InChI is InChI=1S/C14H26N2O2/c17-12-14(6-1-2-7-14)11-15-13(18)5-10-16-8-3-4-9-16/h17H,1-12H2,(H,15,18). The van der Waals surface area contributed by atoms with Crippen molar-refractivity contribution in [2.45, 2.75) is 44.9 Å². The first kappa shape index (κ1) is 13.8. The van der Waals surface area contributed by atoms with Crippen molar-refractivity contribution in [3.63, 3.8) is 0 Å². The van der Waals surface area contributed by atoms with Crippen LogP contribution in [0.15, 0.2) is 0 Å². The van der Waals surface area contributed by atoms with Gasteiger partial charge in [0.05, 0.1) is 6.61 Å². The SMILES string of the molecule is O=C(CCN1CCCC1)NCC1(CO)CCCC1. The molecule has 1 saturated heterocycles. The third-order valence-electron chi connectivity index (χ3n) is 4.51. The van der Waals surface area contributed by atoms with E-state index in [1.165, 1.54) is 25.7 Å². The summed E-state index contributed by atoms with van der Waals surface area (Å²) in [7, 11) is 0. The molecular formula is C14H26N2O2. The first-order chi connectivity index (χ1) is 8.74. The quantitative estimate of drug-likeness (QED) is 0.747. The molecule has 0 bridgehead atoms. The van der Waals surface area contributed by atoms with E-state index in [9.17, 15) is 9.90 Å². The molecule has 2 aliphatic rings. The molecule has 0 unspecified atom stereocenters. The van der Waals surface area contributed by atoms with E-state index < -0.39 is 0 Å². The van der Waals surface area contributed by atoms with Crippen LogP contribution in [0.2, 0.25) is 0 Å². The molecule has 1 amide bonds. The van der Waals surface area contributed by atoms with Crippen molar-refractivity contribution in [3.8, 4) is 0 Å². The van der Waals surface area contributed by atoms with Crippen LogP contribution in [0.4, 0.5) is 0 Å². The summed E-state index contributed by atoms with van der Waals surface area (Å²) in [4.78, 5) is 14.2. The van der Waals surface area contributed by atoms with E-state index in [1.54, 1.807) is 0 Å². The molecule has 2 rings (SSSR count). The second-order valence-corrected chi connectivity index (χ2v) is 5.94. The lowest BCUT2D eigenvalue weighted by Gasteiger charge is -2.26. The van der Waals surface area contributed by atoms with E-state index in [0.717, 1.165) is 32.5 Å². The Hall–Kier alpha value is -0.610. The van der Waals surface area contributed by atoms with E-state index in [1.807, 2.05) is 0 Å². The summed E-state index contributed by atoms with van der Waals surface area (Å²) < 4.78 is 0. The van der Waals surface area contributed by atoms with E-state index in [-0.39, 0.29) is 17.9 Å². The molecule has 104 valence electrons. The van der Waals surface area contributed by atoms with Gasteiger partial charge in [0.15, 0.2) is 0 Å². The molecule has 2 N–H and O–H groups in total. The van der Waals surface area contributed by atoms with Gasteiger partial charge in [-0.15, -0.1) is 0 Å². The molecule has 4 nitrogen and oxygen atoms in total. The highest BCUT2D eigenvalue weighted by Gasteiger charge is 2.33. The first-order valence-corrected chi connectivity index (χ1v) is 7.34. The van der Waals surface area contributed by atoms with Crippen molar-refractivity contribution in [1.82, 2.24) is 10.2 Å². The van der Waals surface area contributed by atoms with E-state index in [0.29, 0.717) is 13.0 Å². The summed E-state index contributed by atoms with van der Waals surface area (Å²) >= 11 is 0. The molecule has 1 saturated carbocycles. The zero-order valence-electron chi connectivity index (χ0n) is 11.3. The number of hydrogen-bond donors (Lipinski definition) is 2. The number of hydrogen-bond acceptors (Lipinski definition) is 3. The minimum Gasteiger partial charge on any atom is -0.396 e. The van der Waals surface area contributed by atoms with Crippen molar-refractivity contribution in [1.29, 1.82) is 0 Å². The van der Waals surface area contributed by atoms with Gasteiger partial charge < -0.3 is 15.3 Å². The molecule has 0 spiro atoms. The van der Waals surface area contributed by atoms with E-state index in [2.05, 4.69) is 10.2 Å². The van der Waals surface area contributed by atoms with Gasteiger partial charge in [-0.3, -0.25) is 4.79 Å². The predicted molar refractivity (Wildman–Crippen MR) is 71.3 cm³/mol. The molecule has 0 aromatic rings. The summed E-state index contributed by atoms with van der Waals surface area (Å²) in [5.74, 6) is 0.140. The highest BCUT2D eigenvalue weighted by Crippen LogP contribution is 2.36. The molecule has 0 atom stereocenters. The monoisotopic (exact) mass is 254 g/mol. The average Bonchev–Trinajstić information content (AvgIpc) is 3.06. The molecular weight excluding hydrogens is 228 g/mol. The fraction of sp³-hybridized carbons (Fsp3) is 0.929. The van der Waals surface area contributed by atoms with E-state index in [4.69, 9.17) is 0 Å². The number of rotatable bonds is 6. The zero-order chi connectivity index (χ0) is 12.8. The largest absolute Gasteiger partial charge is 0.396 e. The second kappa shape index (κ2) is 6.53. The number of carbonyl (C=O) groups excluding carboxylic acids is 1. The van der Waals surface area contributed by atoms with Gasteiger partial charge in [0, 0.05) is 24.9 Å². The Bertz CT molecular complexity index is 269. The molecule has 0 aromatic heterocycles. The third-order valence-corrected chi connectivity index (χ3v) is 4.51. The molecule has 2 fully saturated rings. The minimum atomic E-state index is -0.0245. The summed E-state index contributed by atoms with van der Waals surface area (Å²) in [5, 5.41) is 12.5. The highest BCUT2D eigenvalue weighted by molar-refractivity contribution is 5.76. The van der Waals surface area contributed by atoms with Gasteiger partial charge in [0.1, 0.15) is 0 Å². The first-order valence-electron chi connectivity index (χ1n) is 7.34. The van der Waals surface area contributed by atoms with Crippen LogP contribution < -0.4 is 5.32 Å². The fourth-order valence-corrected chi connectivity index (χ4v) is 3.16. The Morgan fingerprint density at radius 1 is 1.17 bits per heavy atom. The number of nitrogens with one attached hydrogen (secondary N) is 1. The molecule has 0 radical (unpaired) electrons. The van der Waals surface area contributed by atoms with Gasteiger partial charge >= 0.3 is 0 Å². The maximum Gasteiger partial charge on any atom is 0.221 e. The summed E-state index contributed by atoms with van der Waals surface area (Å²) in [6.07, 6.45) is 7.62. The molecule has 4 heteroatoms. The predicted octanol–water partition coefficient (Wildman–Crippen LogP) is 1.14. The lowest BCUT2D eigenvalue weighted by molar-refractivity contribution is -0.122. The molecule has 1 aliphatic carbocycles. The van der Waals surface area contributed by atoms with Crippen LogP contribution in [0.3, 0.4) is 0 Å². The number of aliphatic hydroxyl groups excluding tert-OH is 1. The van der Waals surface area contributed by atoms with Crippen molar-refractivity contribution in [2.75, 3.05) is 32.8 Å². The maximum absolute atomic E-state index is 11.8.